The molecule has 0 saturated heterocycles. The van der Waals surface area contributed by atoms with Crippen LogP contribution < -0.4 is 5.73 Å². The summed E-state index contributed by atoms with van der Waals surface area (Å²) in [5.41, 5.74) is 7.94. The molecule has 3 aromatic carbocycles. The van der Waals surface area contributed by atoms with E-state index in [0.29, 0.717) is 42.6 Å². The number of halogens is 1. The molecule has 10 heteroatoms. The molecule has 4 rings (SSSR count). The number of rotatable bonds is 4. The number of hydrogen-bond donors (Lipinski definition) is 2. The van der Waals surface area contributed by atoms with Crippen molar-refractivity contribution in [3.63, 3.8) is 0 Å². The van der Waals surface area contributed by atoms with Crippen LogP contribution in [0.2, 0.25) is 5.02 Å². The Morgan fingerprint density at radius 2 is 1.81 bits per heavy atom. The minimum Gasteiger partial charge on any atom is -0.389 e. The number of anilines is 1. The Bertz CT molecular complexity index is 1490. The fourth-order valence-electron chi connectivity index (χ4n) is 3.12. The first-order valence-electron chi connectivity index (χ1n) is 8.78. The minimum atomic E-state index is -4.40. The van der Waals surface area contributed by atoms with Crippen LogP contribution in [-0.2, 0) is 10.1 Å². The van der Waals surface area contributed by atoms with Crippen LogP contribution in [0.1, 0.15) is 5.56 Å². The molecule has 154 valence electrons. The Balaban J connectivity index is 1.82. The van der Waals surface area contributed by atoms with E-state index in [1.165, 1.54) is 12.1 Å². The van der Waals surface area contributed by atoms with Gasteiger partial charge in [0.25, 0.3) is 10.1 Å². The largest absolute Gasteiger partial charge is 0.389 e. The average Bonchev–Trinajstić information content (AvgIpc) is 3.06. The lowest BCUT2D eigenvalue weighted by Crippen LogP contribution is -1.98. The second-order valence-corrected chi connectivity index (χ2v) is 9.33. The van der Waals surface area contributed by atoms with Crippen LogP contribution in [0.15, 0.2) is 75.8 Å². The molecule has 0 aliphatic rings. The zero-order valence-corrected chi connectivity index (χ0v) is 18.0. The molecule has 0 amide bonds. The molecular formula is C21H13ClN4O3S2. The van der Waals surface area contributed by atoms with Crippen LogP contribution in [0.4, 0.5) is 15.7 Å². The highest BCUT2D eigenvalue weighted by atomic mass is 35.5. The molecule has 0 aliphatic heterocycles. The average molecular weight is 469 g/mol. The van der Waals surface area contributed by atoms with E-state index < -0.39 is 10.1 Å². The standard InChI is InChI=1S/C21H13ClN4O3S2/c22-14-7-4-13(5-8-14)19-17(11-23)20(24)30-21(19)26-25-15-9-6-12-2-1-3-18(16(12)10-15)31(27,28)29/h1-10H,24H2,(H,27,28,29). The van der Waals surface area contributed by atoms with Gasteiger partial charge in [-0.05, 0) is 41.3 Å². The third kappa shape index (κ3) is 4.15. The van der Waals surface area contributed by atoms with Gasteiger partial charge in [-0.1, -0.05) is 53.3 Å². The summed E-state index contributed by atoms with van der Waals surface area (Å²) in [5.74, 6) is 0. The summed E-state index contributed by atoms with van der Waals surface area (Å²) in [4.78, 5) is -0.212. The van der Waals surface area contributed by atoms with Gasteiger partial charge in [-0.25, -0.2) is 0 Å². The topological polar surface area (TPSA) is 129 Å². The quantitative estimate of drug-likeness (QED) is 0.266. The summed E-state index contributed by atoms with van der Waals surface area (Å²) in [6.45, 7) is 0. The fourth-order valence-corrected chi connectivity index (χ4v) is 4.82. The van der Waals surface area contributed by atoms with Crippen molar-refractivity contribution >= 4 is 59.5 Å². The number of fused-ring (bicyclic) bond motifs is 1. The van der Waals surface area contributed by atoms with Crippen LogP contribution in [-0.4, -0.2) is 13.0 Å². The maximum atomic E-state index is 11.7. The van der Waals surface area contributed by atoms with E-state index in [4.69, 9.17) is 17.3 Å². The molecule has 7 nitrogen and oxygen atoms in total. The molecule has 0 aliphatic carbocycles. The molecule has 0 atom stereocenters. The first-order chi connectivity index (χ1) is 14.8. The summed E-state index contributed by atoms with van der Waals surface area (Å²) < 4.78 is 32.9. The molecule has 1 aromatic heterocycles. The summed E-state index contributed by atoms with van der Waals surface area (Å²) in [6, 6.07) is 18.5. The van der Waals surface area contributed by atoms with Gasteiger partial charge in [0.05, 0.1) is 11.3 Å². The van der Waals surface area contributed by atoms with E-state index >= 15 is 0 Å². The third-order valence-electron chi connectivity index (χ3n) is 4.52. The Kier molecular flexibility index (Phi) is 5.47. The van der Waals surface area contributed by atoms with E-state index in [-0.39, 0.29) is 4.90 Å². The molecule has 0 bridgehead atoms. The SMILES string of the molecule is N#Cc1c(N)sc(N=Nc2ccc3cccc(S(=O)(=O)O)c3c2)c1-c1ccc(Cl)cc1. The molecule has 0 radical (unpaired) electrons. The van der Waals surface area contributed by atoms with E-state index in [0.717, 1.165) is 16.9 Å². The number of nitrogens with zero attached hydrogens (tertiary/aromatic N) is 3. The maximum Gasteiger partial charge on any atom is 0.295 e. The lowest BCUT2D eigenvalue weighted by Gasteiger charge is -2.04. The third-order valence-corrected chi connectivity index (χ3v) is 6.59. The number of azo groups is 1. The number of thiophene rings is 1. The molecule has 3 N–H and O–H groups in total. The molecule has 0 saturated carbocycles. The molecule has 1 heterocycles. The molecule has 0 fully saturated rings. The van der Waals surface area contributed by atoms with E-state index in [2.05, 4.69) is 16.3 Å². The normalized spacial score (nSPS) is 11.8. The van der Waals surface area contributed by atoms with Gasteiger partial charge in [0.2, 0.25) is 0 Å². The summed E-state index contributed by atoms with van der Waals surface area (Å²) in [5, 5.41) is 20.3. The Morgan fingerprint density at radius 3 is 2.48 bits per heavy atom. The van der Waals surface area contributed by atoms with Gasteiger partial charge in [-0.2, -0.15) is 13.7 Å². The van der Waals surface area contributed by atoms with E-state index in [9.17, 15) is 18.2 Å². The highest BCUT2D eigenvalue weighted by Crippen LogP contribution is 2.45. The first kappa shape index (κ1) is 21.0. The zero-order chi connectivity index (χ0) is 22.2. The predicted octanol–water partition coefficient (Wildman–Crippen LogP) is 6.34. The van der Waals surface area contributed by atoms with Gasteiger partial charge >= 0.3 is 0 Å². The Morgan fingerprint density at radius 1 is 1.06 bits per heavy atom. The van der Waals surface area contributed by atoms with Crippen molar-refractivity contribution in [1.82, 2.24) is 0 Å². The maximum absolute atomic E-state index is 11.7. The molecule has 0 unspecified atom stereocenters. The van der Waals surface area contributed by atoms with Gasteiger partial charge in [0.15, 0.2) is 0 Å². The number of nitrogen functional groups attached to an aromatic ring is 1. The van der Waals surface area contributed by atoms with Crippen molar-refractivity contribution in [3.8, 4) is 17.2 Å². The zero-order valence-electron chi connectivity index (χ0n) is 15.7. The smallest absolute Gasteiger partial charge is 0.295 e. The van der Waals surface area contributed by atoms with Crippen molar-refractivity contribution < 1.29 is 13.0 Å². The van der Waals surface area contributed by atoms with Crippen LogP contribution in [0.5, 0.6) is 0 Å². The number of benzene rings is 3. The molecule has 31 heavy (non-hydrogen) atoms. The van der Waals surface area contributed by atoms with Crippen LogP contribution >= 0.6 is 22.9 Å². The van der Waals surface area contributed by atoms with Gasteiger partial charge in [-0.15, -0.1) is 10.2 Å². The van der Waals surface area contributed by atoms with Gasteiger partial charge in [-0.3, -0.25) is 4.55 Å². The Hall–Kier alpha value is -3.29. The molecule has 4 aromatic rings. The van der Waals surface area contributed by atoms with Crippen LogP contribution in [0.3, 0.4) is 0 Å². The monoisotopic (exact) mass is 468 g/mol. The number of nitriles is 1. The van der Waals surface area contributed by atoms with Crippen molar-refractivity contribution in [3.05, 3.63) is 71.2 Å². The Labute approximate surface area is 186 Å². The van der Waals surface area contributed by atoms with Crippen molar-refractivity contribution in [2.24, 2.45) is 10.2 Å². The first-order valence-corrected chi connectivity index (χ1v) is 11.4. The number of nitrogens with two attached hydrogens (primary N) is 1. The van der Waals surface area contributed by atoms with Crippen LogP contribution in [0, 0.1) is 11.3 Å². The van der Waals surface area contributed by atoms with Crippen molar-refractivity contribution in [1.29, 1.82) is 5.26 Å². The van der Waals surface area contributed by atoms with Gasteiger partial charge in [0.1, 0.15) is 21.0 Å². The highest BCUT2D eigenvalue weighted by molar-refractivity contribution is 7.86. The second-order valence-electron chi connectivity index (χ2n) is 6.48. The van der Waals surface area contributed by atoms with E-state index in [1.54, 1.807) is 48.5 Å². The lowest BCUT2D eigenvalue weighted by atomic mass is 10.0. The van der Waals surface area contributed by atoms with Gasteiger partial charge < -0.3 is 5.73 Å². The molecular weight excluding hydrogens is 456 g/mol. The number of hydrogen-bond acceptors (Lipinski definition) is 7. The minimum absolute atomic E-state index is 0.212. The summed E-state index contributed by atoms with van der Waals surface area (Å²) in [7, 11) is -4.40. The van der Waals surface area contributed by atoms with Crippen LogP contribution in [0.25, 0.3) is 21.9 Å². The van der Waals surface area contributed by atoms with E-state index in [1.807, 2.05) is 0 Å². The van der Waals surface area contributed by atoms with Gasteiger partial charge in [0, 0.05) is 16.0 Å². The second kappa shape index (κ2) is 8.09. The fraction of sp³-hybridized carbons (Fsp3) is 0. The summed E-state index contributed by atoms with van der Waals surface area (Å²) in [6.07, 6.45) is 0. The highest BCUT2D eigenvalue weighted by Gasteiger charge is 2.18. The lowest BCUT2D eigenvalue weighted by molar-refractivity contribution is 0.484. The summed E-state index contributed by atoms with van der Waals surface area (Å²) >= 11 is 7.08. The van der Waals surface area contributed by atoms with Crippen molar-refractivity contribution in [2.75, 3.05) is 5.73 Å². The van der Waals surface area contributed by atoms with Crippen molar-refractivity contribution in [2.45, 2.75) is 4.90 Å². The predicted molar refractivity (Wildman–Crippen MR) is 122 cm³/mol. The molecule has 0 spiro atoms.